The van der Waals surface area contributed by atoms with Gasteiger partial charge in [0.25, 0.3) is 0 Å². The molecule has 2 atom stereocenters. The summed E-state index contributed by atoms with van der Waals surface area (Å²) in [5.41, 5.74) is 1.27. The number of nitrogens with zero attached hydrogens (tertiary/aromatic N) is 1. The number of aliphatic hydroxyl groups is 1. The van der Waals surface area contributed by atoms with Gasteiger partial charge in [-0.3, -0.25) is 4.79 Å². The molecule has 2 unspecified atom stereocenters. The summed E-state index contributed by atoms with van der Waals surface area (Å²) in [5.74, 6) is -0.410. The summed E-state index contributed by atoms with van der Waals surface area (Å²) < 4.78 is 5.23. The van der Waals surface area contributed by atoms with Crippen molar-refractivity contribution in [2.24, 2.45) is 5.16 Å². The average molecular weight is 235 g/mol. The van der Waals surface area contributed by atoms with E-state index in [-0.39, 0.29) is 6.10 Å². The van der Waals surface area contributed by atoms with Crippen LogP contribution in [-0.4, -0.2) is 28.6 Å². The molecular formula is C12H13NO4. The Morgan fingerprint density at radius 1 is 1.41 bits per heavy atom. The fraction of sp³-hybridized carbons (Fsp3) is 0.333. The van der Waals surface area contributed by atoms with Crippen LogP contribution in [0.25, 0.3) is 0 Å². The van der Waals surface area contributed by atoms with E-state index < -0.39 is 12.1 Å². The van der Waals surface area contributed by atoms with Crippen LogP contribution < -0.4 is 0 Å². The zero-order chi connectivity index (χ0) is 12.3. The molecule has 1 aromatic rings. The van der Waals surface area contributed by atoms with Crippen molar-refractivity contribution in [1.82, 2.24) is 0 Å². The van der Waals surface area contributed by atoms with Crippen molar-refractivity contribution in [1.29, 1.82) is 0 Å². The second kappa shape index (κ2) is 5.07. The standard InChI is InChI=1S/C12H13NO4/c14-11-9-5-2-1-4-8(9)10(17-12(11)15)6-3-7-13-16/h1-2,4-5,7,10,12,15-16H,3,6H2. The molecule has 0 fully saturated rings. The van der Waals surface area contributed by atoms with Gasteiger partial charge in [0.2, 0.25) is 12.1 Å². The van der Waals surface area contributed by atoms with E-state index in [1.165, 1.54) is 6.21 Å². The molecule has 0 radical (unpaired) electrons. The number of Topliss-reactive ketones (excluding diaryl/α,β-unsaturated/α-hetero) is 1. The first-order valence-electron chi connectivity index (χ1n) is 5.36. The van der Waals surface area contributed by atoms with Crippen molar-refractivity contribution >= 4 is 12.0 Å². The second-order valence-electron chi connectivity index (χ2n) is 3.80. The number of rotatable bonds is 3. The lowest BCUT2D eigenvalue weighted by atomic mass is 9.94. The van der Waals surface area contributed by atoms with Gasteiger partial charge in [-0.05, 0) is 18.4 Å². The Morgan fingerprint density at radius 2 is 2.18 bits per heavy atom. The summed E-state index contributed by atoms with van der Waals surface area (Å²) in [6.07, 6.45) is 0.661. The number of benzene rings is 1. The summed E-state index contributed by atoms with van der Waals surface area (Å²) in [4.78, 5) is 11.7. The van der Waals surface area contributed by atoms with Gasteiger partial charge in [-0.1, -0.05) is 24.3 Å². The van der Waals surface area contributed by atoms with Gasteiger partial charge in [-0.2, -0.15) is 0 Å². The minimum Gasteiger partial charge on any atom is -0.411 e. The first-order valence-corrected chi connectivity index (χ1v) is 5.36. The van der Waals surface area contributed by atoms with E-state index in [1.54, 1.807) is 18.2 Å². The van der Waals surface area contributed by atoms with Gasteiger partial charge in [0.05, 0.1) is 6.10 Å². The SMILES string of the molecule is O=C1c2ccccc2C(CCC=NO)OC1O. The lowest BCUT2D eigenvalue weighted by Gasteiger charge is -2.28. The number of aliphatic hydroxyl groups excluding tert-OH is 1. The third kappa shape index (κ3) is 2.35. The van der Waals surface area contributed by atoms with Crippen LogP contribution in [0.3, 0.4) is 0 Å². The molecule has 0 aromatic heterocycles. The average Bonchev–Trinajstić information content (AvgIpc) is 2.36. The van der Waals surface area contributed by atoms with E-state index in [0.717, 1.165) is 5.56 Å². The first-order chi connectivity index (χ1) is 8.24. The van der Waals surface area contributed by atoms with Gasteiger partial charge in [0, 0.05) is 11.8 Å². The summed E-state index contributed by atoms with van der Waals surface area (Å²) in [7, 11) is 0. The maximum Gasteiger partial charge on any atom is 0.220 e. The van der Waals surface area contributed by atoms with Crippen molar-refractivity contribution < 1.29 is 19.8 Å². The van der Waals surface area contributed by atoms with Crippen molar-refractivity contribution in [3.8, 4) is 0 Å². The molecule has 0 saturated carbocycles. The minimum atomic E-state index is -1.40. The van der Waals surface area contributed by atoms with Crippen molar-refractivity contribution in [2.45, 2.75) is 25.2 Å². The van der Waals surface area contributed by atoms with E-state index in [2.05, 4.69) is 5.16 Å². The van der Waals surface area contributed by atoms with Gasteiger partial charge in [-0.25, -0.2) is 0 Å². The Kier molecular flexibility index (Phi) is 3.51. The molecule has 0 spiro atoms. The summed E-state index contributed by atoms with van der Waals surface area (Å²) in [5, 5.41) is 20.7. The molecule has 1 aliphatic heterocycles. The smallest absolute Gasteiger partial charge is 0.220 e. The lowest BCUT2D eigenvalue weighted by Crippen LogP contribution is -2.32. The van der Waals surface area contributed by atoms with Crippen LogP contribution in [-0.2, 0) is 4.74 Å². The Balaban J connectivity index is 2.24. The highest BCUT2D eigenvalue weighted by Crippen LogP contribution is 2.32. The van der Waals surface area contributed by atoms with Crippen LogP contribution in [0.15, 0.2) is 29.4 Å². The zero-order valence-corrected chi connectivity index (χ0v) is 9.11. The van der Waals surface area contributed by atoms with Crippen molar-refractivity contribution in [2.75, 3.05) is 0 Å². The summed E-state index contributed by atoms with van der Waals surface area (Å²) >= 11 is 0. The number of oxime groups is 1. The number of hydrogen-bond donors (Lipinski definition) is 2. The van der Waals surface area contributed by atoms with Gasteiger partial charge < -0.3 is 15.1 Å². The molecule has 2 rings (SSSR count). The maximum absolute atomic E-state index is 11.7. The lowest BCUT2D eigenvalue weighted by molar-refractivity contribution is -0.118. The normalized spacial score (nSPS) is 23.9. The first kappa shape index (κ1) is 11.8. The molecule has 1 aliphatic rings. The highest BCUT2D eigenvalue weighted by atomic mass is 16.6. The number of ether oxygens (including phenoxy) is 1. The highest BCUT2D eigenvalue weighted by molar-refractivity contribution is 6.00. The van der Waals surface area contributed by atoms with Crippen LogP contribution in [0.2, 0.25) is 0 Å². The Morgan fingerprint density at radius 3 is 2.94 bits per heavy atom. The fourth-order valence-electron chi connectivity index (χ4n) is 1.93. The largest absolute Gasteiger partial charge is 0.411 e. The maximum atomic E-state index is 11.7. The predicted molar refractivity (Wildman–Crippen MR) is 60.1 cm³/mol. The van der Waals surface area contributed by atoms with Crippen LogP contribution in [0.1, 0.15) is 34.9 Å². The third-order valence-corrected chi connectivity index (χ3v) is 2.73. The van der Waals surface area contributed by atoms with Crippen LogP contribution >= 0.6 is 0 Å². The molecule has 1 aromatic carbocycles. The molecule has 2 N–H and O–H groups in total. The molecule has 17 heavy (non-hydrogen) atoms. The summed E-state index contributed by atoms with van der Waals surface area (Å²) in [6, 6.07) is 7.05. The molecule has 1 heterocycles. The zero-order valence-electron chi connectivity index (χ0n) is 9.11. The Hall–Kier alpha value is -1.72. The van der Waals surface area contributed by atoms with Crippen LogP contribution in [0.5, 0.6) is 0 Å². The number of ketones is 1. The van der Waals surface area contributed by atoms with E-state index in [4.69, 9.17) is 9.94 Å². The fourth-order valence-corrected chi connectivity index (χ4v) is 1.93. The highest BCUT2D eigenvalue weighted by Gasteiger charge is 2.32. The predicted octanol–water partition coefficient (Wildman–Crippen LogP) is 1.50. The molecule has 0 aliphatic carbocycles. The molecule has 90 valence electrons. The van der Waals surface area contributed by atoms with Crippen LogP contribution in [0.4, 0.5) is 0 Å². The van der Waals surface area contributed by atoms with E-state index in [1.807, 2.05) is 6.07 Å². The minimum absolute atomic E-state index is 0.350. The van der Waals surface area contributed by atoms with Crippen LogP contribution in [0, 0.1) is 0 Å². The van der Waals surface area contributed by atoms with E-state index in [9.17, 15) is 9.90 Å². The molecule has 0 bridgehead atoms. The van der Waals surface area contributed by atoms with Gasteiger partial charge >= 0.3 is 0 Å². The Labute approximate surface area is 98.3 Å². The molecule has 5 heteroatoms. The molecule has 0 saturated heterocycles. The van der Waals surface area contributed by atoms with E-state index in [0.29, 0.717) is 18.4 Å². The number of fused-ring (bicyclic) bond motifs is 1. The summed E-state index contributed by atoms with van der Waals surface area (Å²) in [6.45, 7) is 0. The Bertz CT molecular complexity index is 444. The van der Waals surface area contributed by atoms with Crippen molar-refractivity contribution in [3.05, 3.63) is 35.4 Å². The van der Waals surface area contributed by atoms with Gasteiger partial charge in [-0.15, -0.1) is 5.16 Å². The molecule has 5 nitrogen and oxygen atoms in total. The molecule has 0 amide bonds. The van der Waals surface area contributed by atoms with E-state index >= 15 is 0 Å². The number of carbonyl (C=O) groups excluding carboxylic acids is 1. The quantitative estimate of drug-likeness (QED) is 0.472. The second-order valence-corrected chi connectivity index (χ2v) is 3.80. The number of hydrogen-bond acceptors (Lipinski definition) is 5. The van der Waals surface area contributed by atoms with Crippen molar-refractivity contribution in [3.63, 3.8) is 0 Å². The third-order valence-electron chi connectivity index (χ3n) is 2.73. The monoisotopic (exact) mass is 235 g/mol. The molecular weight excluding hydrogens is 222 g/mol. The number of carbonyl (C=O) groups is 1. The van der Waals surface area contributed by atoms with Gasteiger partial charge in [0.15, 0.2) is 0 Å². The topological polar surface area (TPSA) is 79.1 Å². The van der Waals surface area contributed by atoms with Gasteiger partial charge in [0.1, 0.15) is 0 Å².